The van der Waals surface area contributed by atoms with Crippen LogP contribution in [0.3, 0.4) is 0 Å². The lowest BCUT2D eigenvalue weighted by Gasteiger charge is -2.14. The molecule has 0 saturated carbocycles. The van der Waals surface area contributed by atoms with Gasteiger partial charge < -0.3 is 0 Å². The standard InChI is InChI=1S/C14H22N4S/c1-10(2)13-9-19-14(16-13)8-17(4)7-12-6-15-18(5)11(12)3/h6,9-10H,7-8H2,1-5H3. The molecule has 0 aliphatic carbocycles. The molecule has 0 bridgehead atoms. The lowest BCUT2D eigenvalue weighted by molar-refractivity contribution is 0.317. The zero-order valence-corrected chi connectivity index (χ0v) is 13.2. The fraction of sp³-hybridized carbons (Fsp3) is 0.571. The highest BCUT2D eigenvalue weighted by molar-refractivity contribution is 7.09. The third kappa shape index (κ3) is 3.42. The van der Waals surface area contributed by atoms with Gasteiger partial charge in [0.05, 0.1) is 18.4 Å². The quantitative estimate of drug-likeness (QED) is 0.843. The molecule has 104 valence electrons. The van der Waals surface area contributed by atoms with Crippen molar-refractivity contribution < 1.29 is 0 Å². The summed E-state index contributed by atoms with van der Waals surface area (Å²) < 4.78 is 1.92. The molecule has 19 heavy (non-hydrogen) atoms. The summed E-state index contributed by atoms with van der Waals surface area (Å²) in [6.07, 6.45) is 1.95. The SMILES string of the molecule is Cc1c(CN(C)Cc2nc(C(C)C)cs2)cnn1C. The van der Waals surface area contributed by atoms with Crippen molar-refractivity contribution in [1.82, 2.24) is 19.7 Å². The maximum Gasteiger partial charge on any atom is 0.107 e. The molecule has 5 heteroatoms. The predicted molar refractivity (Wildman–Crippen MR) is 79.3 cm³/mol. The van der Waals surface area contributed by atoms with Gasteiger partial charge in [-0.3, -0.25) is 9.58 Å². The first-order valence-corrected chi connectivity index (χ1v) is 7.45. The molecule has 0 aromatic carbocycles. The van der Waals surface area contributed by atoms with Crippen LogP contribution in [0.5, 0.6) is 0 Å². The second-order valence-corrected chi connectivity index (χ2v) is 6.31. The number of aryl methyl sites for hydroxylation is 1. The molecular formula is C14H22N4S. The Morgan fingerprint density at radius 3 is 2.63 bits per heavy atom. The van der Waals surface area contributed by atoms with Gasteiger partial charge >= 0.3 is 0 Å². The van der Waals surface area contributed by atoms with Gasteiger partial charge in [0.25, 0.3) is 0 Å². The molecule has 0 unspecified atom stereocenters. The van der Waals surface area contributed by atoms with Crippen molar-refractivity contribution in [2.45, 2.75) is 39.8 Å². The smallest absolute Gasteiger partial charge is 0.107 e. The van der Waals surface area contributed by atoms with Gasteiger partial charge in [0.2, 0.25) is 0 Å². The molecule has 0 atom stereocenters. The predicted octanol–water partition coefficient (Wildman–Crippen LogP) is 2.94. The van der Waals surface area contributed by atoms with E-state index in [-0.39, 0.29) is 0 Å². The summed E-state index contributed by atoms with van der Waals surface area (Å²) >= 11 is 1.75. The van der Waals surface area contributed by atoms with Crippen molar-refractivity contribution in [2.75, 3.05) is 7.05 Å². The largest absolute Gasteiger partial charge is 0.295 e. The number of aromatic nitrogens is 3. The summed E-state index contributed by atoms with van der Waals surface area (Å²) in [6.45, 7) is 8.28. The molecule has 2 aromatic rings. The van der Waals surface area contributed by atoms with Crippen molar-refractivity contribution >= 4 is 11.3 Å². The second kappa shape index (κ2) is 5.84. The summed E-state index contributed by atoms with van der Waals surface area (Å²) in [6, 6.07) is 0. The van der Waals surface area contributed by atoms with E-state index >= 15 is 0 Å². The number of hydrogen-bond acceptors (Lipinski definition) is 4. The average molecular weight is 278 g/mol. The molecule has 0 amide bonds. The van der Waals surface area contributed by atoms with E-state index in [4.69, 9.17) is 0 Å². The molecule has 0 aliphatic rings. The Labute approximate surface area is 119 Å². The molecular weight excluding hydrogens is 256 g/mol. The topological polar surface area (TPSA) is 34.0 Å². The Morgan fingerprint density at radius 1 is 1.37 bits per heavy atom. The molecule has 0 spiro atoms. The van der Waals surface area contributed by atoms with Gasteiger partial charge in [0.15, 0.2) is 0 Å². The van der Waals surface area contributed by atoms with Crippen molar-refractivity contribution in [3.63, 3.8) is 0 Å². The zero-order valence-electron chi connectivity index (χ0n) is 12.3. The first-order valence-electron chi connectivity index (χ1n) is 6.57. The van der Waals surface area contributed by atoms with E-state index in [0.717, 1.165) is 13.1 Å². The van der Waals surface area contributed by atoms with Crippen LogP contribution in [0.1, 0.15) is 41.7 Å². The van der Waals surface area contributed by atoms with Crippen molar-refractivity contribution in [3.05, 3.63) is 33.5 Å². The highest BCUT2D eigenvalue weighted by atomic mass is 32.1. The zero-order chi connectivity index (χ0) is 14.0. The Bertz CT molecular complexity index is 541. The van der Waals surface area contributed by atoms with Gasteiger partial charge in [-0.15, -0.1) is 11.3 Å². The van der Waals surface area contributed by atoms with Crippen molar-refractivity contribution in [1.29, 1.82) is 0 Å². The van der Waals surface area contributed by atoms with Gasteiger partial charge in [0.1, 0.15) is 5.01 Å². The van der Waals surface area contributed by atoms with E-state index in [1.165, 1.54) is 22.0 Å². The summed E-state index contributed by atoms with van der Waals surface area (Å²) in [4.78, 5) is 6.96. The van der Waals surface area contributed by atoms with Gasteiger partial charge in [-0.25, -0.2) is 4.98 Å². The molecule has 2 aromatic heterocycles. The van der Waals surface area contributed by atoms with Gasteiger partial charge in [-0.1, -0.05) is 13.8 Å². The third-order valence-corrected chi connectivity index (χ3v) is 4.20. The molecule has 4 nitrogen and oxygen atoms in total. The first kappa shape index (κ1) is 14.2. The molecule has 2 heterocycles. The van der Waals surface area contributed by atoms with E-state index < -0.39 is 0 Å². The summed E-state index contributed by atoms with van der Waals surface area (Å²) in [5.41, 5.74) is 3.71. The van der Waals surface area contributed by atoms with E-state index in [1.807, 2.05) is 17.9 Å². The summed E-state index contributed by atoms with van der Waals surface area (Å²) in [5.74, 6) is 0.510. The summed E-state index contributed by atoms with van der Waals surface area (Å²) in [7, 11) is 4.11. The second-order valence-electron chi connectivity index (χ2n) is 5.37. The van der Waals surface area contributed by atoms with Crippen molar-refractivity contribution in [2.24, 2.45) is 7.05 Å². The monoisotopic (exact) mass is 278 g/mol. The highest BCUT2D eigenvalue weighted by Crippen LogP contribution is 2.19. The van der Waals surface area contributed by atoms with Crippen LogP contribution >= 0.6 is 11.3 Å². The molecule has 0 N–H and O–H groups in total. The van der Waals surface area contributed by atoms with Gasteiger partial charge in [0, 0.05) is 30.2 Å². The van der Waals surface area contributed by atoms with Crippen LogP contribution in [0.2, 0.25) is 0 Å². The summed E-state index contributed by atoms with van der Waals surface area (Å²) in [5, 5.41) is 7.64. The molecule has 2 rings (SSSR count). The van der Waals surface area contributed by atoms with Crippen LogP contribution in [0, 0.1) is 6.92 Å². The maximum atomic E-state index is 4.68. The first-order chi connectivity index (χ1) is 8.97. The number of nitrogens with zero attached hydrogens (tertiary/aromatic N) is 4. The minimum absolute atomic E-state index is 0.510. The number of thiazole rings is 1. The lowest BCUT2D eigenvalue weighted by Crippen LogP contribution is -2.17. The fourth-order valence-corrected chi connectivity index (χ4v) is 2.97. The van der Waals surface area contributed by atoms with Crippen LogP contribution in [0.15, 0.2) is 11.6 Å². The van der Waals surface area contributed by atoms with Gasteiger partial charge in [-0.2, -0.15) is 5.10 Å². The normalized spacial score (nSPS) is 11.7. The Morgan fingerprint density at radius 2 is 2.11 bits per heavy atom. The van der Waals surface area contributed by atoms with Crippen LogP contribution in [-0.2, 0) is 20.1 Å². The fourth-order valence-electron chi connectivity index (χ4n) is 1.94. The van der Waals surface area contributed by atoms with E-state index in [0.29, 0.717) is 5.92 Å². The van der Waals surface area contributed by atoms with Gasteiger partial charge in [-0.05, 0) is 19.9 Å². The van der Waals surface area contributed by atoms with Crippen LogP contribution < -0.4 is 0 Å². The van der Waals surface area contributed by atoms with Crippen LogP contribution in [0.4, 0.5) is 0 Å². The Kier molecular flexibility index (Phi) is 4.37. The maximum absolute atomic E-state index is 4.68. The molecule has 0 fully saturated rings. The van der Waals surface area contributed by atoms with E-state index in [9.17, 15) is 0 Å². The molecule has 0 radical (unpaired) electrons. The Hall–Kier alpha value is -1.20. The Balaban J connectivity index is 1.97. The third-order valence-electron chi connectivity index (χ3n) is 3.34. The van der Waals surface area contributed by atoms with E-state index in [1.54, 1.807) is 11.3 Å². The molecule has 0 aliphatic heterocycles. The number of rotatable bonds is 5. The minimum atomic E-state index is 0.510. The lowest BCUT2D eigenvalue weighted by atomic mass is 10.2. The van der Waals surface area contributed by atoms with Crippen LogP contribution in [-0.4, -0.2) is 26.7 Å². The van der Waals surface area contributed by atoms with Crippen molar-refractivity contribution in [3.8, 4) is 0 Å². The number of hydrogen-bond donors (Lipinski definition) is 0. The highest BCUT2D eigenvalue weighted by Gasteiger charge is 2.10. The van der Waals surface area contributed by atoms with E-state index in [2.05, 4.69) is 48.2 Å². The average Bonchev–Trinajstić information content (AvgIpc) is 2.91. The minimum Gasteiger partial charge on any atom is -0.295 e. The van der Waals surface area contributed by atoms with Crippen LogP contribution in [0.25, 0.3) is 0 Å². The molecule has 0 saturated heterocycles.